The number of nitrogens with two attached hydrogens (primary N) is 1. The van der Waals surface area contributed by atoms with E-state index in [2.05, 4.69) is 4.98 Å². The van der Waals surface area contributed by atoms with Crippen molar-refractivity contribution in [3.8, 4) is 0 Å². The molecule has 1 aromatic heterocycles. The second-order valence-corrected chi connectivity index (χ2v) is 3.08. The van der Waals surface area contributed by atoms with Gasteiger partial charge in [-0.05, 0) is 12.1 Å². The van der Waals surface area contributed by atoms with Crippen molar-refractivity contribution in [1.29, 1.82) is 0 Å². The zero-order valence-corrected chi connectivity index (χ0v) is 7.90. The first-order valence-electron chi connectivity index (χ1n) is 4.05. The minimum Gasteiger partial charge on any atom is -0.383 e. The molecular formula is C8H5F7N2. The molecule has 1 aromatic rings. The van der Waals surface area contributed by atoms with Crippen LogP contribution in [0.2, 0.25) is 0 Å². The average Bonchev–Trinajstić information content (AvgIpc) is 2.16. The molecule has 0 fully saturated rings. The van der Waals surface area contributed by atoms with E-state index in [-0.39, 0.29) is 0 Å². The molecule has 0 amide bonds. The fourth-order valence-corrected chi connectivity index (χ4v) is 1.03. The molecule has 17 heavy (non-hydrogen) atoms. The van der Waals surface area contributed by atoms with Crippen LogP contribution >= 0.6 is 0 Å². The van der Waals surface area contributed by atoms with Crippen LogP contribution in [0.4, 0.5) is 36.6 Å². The second kappa shape index (κ2) is 3.74. The number of anilines is 1. The number of aromatic nitrogens is 1. The van der Waals surface area contributed by atoms with Crippen molar-refractivity contribution in [2.24, 2.45) is 0 Å². The lowest BCUT2D eigenvalue weighted by atomic mass is 10.0. The van der Waals surface area contributed by atoms with Crippen LogP contribution in [0, 0.1) is 0 Å². The van der Waals surface area contributed by atoms with Gasteiger partial charge in [0.15, 0.2) is 0 Å². The van der Waals surface area contributed by atoms with Crippen molar-refractivity contribution < 1.29 is 30.7 Å². The molecule has 96 valence electrons. The van der Waals surface area contributed by atoms with E-state index in [9.17, 15) is 30.7 Å². The third-order valence-corrected chi connectivity index (χ3v) is 1.93. The molecule has 2 nitrogen and oxygen atoms in total. The van der Waals surface area contributed by atoms with Gasteiger partial charge in [0, 0.05) is 6.20 Å². The number of nitrogens with zero attached hydrogens (tertiary/aromatic N) is 1. The van der Waals surface area contributed by atoms with E-state index in [0.717, 1.165) is 12.3 Å². The lowest BCUT2D eigenvalue weighted by Gasteiger charge is -2.28. The number of hydrogen-bond donors (Lipinski definition) is 1. The summed E-state index contributed by atoms with van der Waals surface area (Å²) in [7, 11) is 0. The third kappa shape index (κ3) is 2.01. The van der Waals surface area contributed by atoms with Gasteiger partial charge < -0.3 is 5.73 Å². The van der Waals surface area contributed by atoms with Crippen LogP contribution in [0.5, 0.6) is 0 Å². The molecule has 0 aliphatic rings. The highest BCUT2D eigenvalue weighted by Gasteiger charge is 2.74. The van der Waals surface area contributed by atoms with E-state index in [1.165, 1.54) is 0 Å². The molecule has 0 saturated carbocycles. The Kier molecular flexibility index (Phi) is 2.98. The van der Waals surface area contributed by atoms with Crippen molar-refractivity contribution >= 4 is 5.82 Å². The maximum atomic E-state index is 13.1. The Hall–Kier alpha value is -1.54. The largest absolute Gasteiger partial charge is 0.460 e. The molecule has 1 heterocycles. The Bertz CT molecular complexity index is 413. The van der Waals surface area contributed by atoms with Crippen molar-refractivity contribution in [3.05, 3.63) is 23.9 Å². The molecule has 0 aliphatic heterocycles. The van der Waals surface area contributed by atoms with Gasteiger partial charge >= 0.3 is 18.0 Å². The topological polar surface area (TPSA) is 38.9 Å². The predicted octanol–water partition coefficient (Wildman–Crippen LogP) is 2.95. The van der Waals surface area contributed by atoms with Gasteiger partial charge in [0.2, 0.25) is 0 Å². The summed E-state index contributed by atoms with van der Waals surface area (Å²) in [6.45, 7) is 0. The summed E-state index contributed by atoms with van der Waals surface area (Å²) in [5.41, 5.74) is 3.19. The van der Waals surface area contributed by atoms with Crippen LogP contribution in [-0.4, -0.2) is 17.1 Å². The van der Waals surface area contributed by atoms with Crippen molar-refractivity contribution in [1.82, 2.24) is 4.98 Å². The van der Waals surface area contributed by atoms with Crippen LogP contribution in [0.3, 0.4) is 0 Å². The van der Waals surface area contributed by atoms with Crippen molar-refractivity contribution in [3.63, 3.8) is 0 Å². The minimum atomic E-state index is -6.39. The molecule has 0 spiro atoms. The highest BCUT2D eigenvalue weighted by Crippen LogP contribution is 2.52. The number of alkyl halides is 7. The zero-order valence-electron chi connectivity index (χ0n) is 7.90. The van der Waals surface area contributed by atoms with E-state index in [0.29, 0.717) is 6.07 Å². The summed E-state index contributed by atoms with van der Waals surface area (Å²) in [5, 5.41) is 0. The lowest BCUT2D eigenvalue weighted by molar-refractivity contribution is -0.359. The van der Waals surface area contributed by atoms with Crippen LogP contribution in [0.1, 0.15) is 5.56 Å². The Morgan fingerprint density at radius 2 is 1.53 bits per heavy atom. The van der Waals surface area contributed by atoms with Gasteiger partial charge in [0.1, 0.15) is 5.82 Å². The van der Waals surface area contributed by atoms with Gasteiger partial charge in [0.05, 0.1) is 5.56 Å². The van der Waals surface area contributed by atoms with Gasteiger partial charge in [-0.2, -0.15) is 30.7 Å². The van der Waals surface area contributed by atoms with Gasteiger partial charge in [-0.15, -0.1) is 0 Å². The van der Waals surface area contributed by atoms with Crippen LogP contribution in [-0.2, 0) is 5.92 Å². The van der Waals surface area contributed by atoms with Crippen LogP contribution < -0.4 is 5.73 Å². The fraction of sp³-hybridized carbons (Fsp3) is 0.375. The van der Waals surface area contributed by atoms with Gasteiger partial charge in [0.25, 0.3) is 0 Å². The Balaban J connectivity index is 3.34. The average molecular weight is 262 g/mol. The first-order chi connectivity index (χ1) is 7.52. The Morgan fingerprint density at radius 1 is 1.00 bits per heavy atom. The molecule has 0 atom stereocenters. The molecule has 0 saturated heterocycles. The second-order valence-electron chi connectivity index (χ2n) is 3.08. The summed E-state index contributed by atoms with van der Waals surface area (Å²) < 4.78 is 87.0. The lowest BCUT2D eigenvalue weighted by Crippen LogP contribution is -2.50. The molecule has 0 unspecified atom stereocenters. The highest BCUT2D eigenvalue weighted by atomic mass is 19.4. The number of nitrogen functional groups attached to an aromatic ring is 1. The summed E-state index contributed by atoms with van der Waals surface area (Å²) in [4.78, 5) is 3.04. The van der Waals surface area contributed by atoms with Crippen molar-refractivity contribution in [2.75, 3.05) is 5.73 Å². The monoisotopic (exact) mass is 262 g/mol. The van der Waals surface area contributed by atoms with E-state index in [1.807, 2.05) is 0 Å². The standard InChI is InChI=1S/C8H5F7N2/c9-6(10,7(11,12)8(13,14)15)4-2-1-3-17-5(4)16/h1-3H,(H2,16,17). The van der Waals surface area contributed by atoms with E-state index < -0.39 is 29.4 Å². The zero-order chi connectivity index (χ0) is 13.5. The molecule has 9 heteroatoms. The fourth-order valence-electron chi connectivity index (χ4n) is 1.03. The van der Waals surface area contributed by atoms with E-state index in [1.54, 1.807) is 0 Å². The number of halogens is 7. The normalized spacial score (nSPS) is 13.8. The first-order valence-corrected chi connectivity index (χ1v) is 4.05. The minimum absolute atomic E-state index is 0.363. The maximum absolute atomic E-state index is 13.1. The summed E-state index contributed by atoms with van der Waals surface area (Å²) in [6, 6.07) is 1.15. The molecule has 0 radical (unpaired) electrons. The van der Waals surface area contributed by atoms with E-state index >= 15 is 0 Å². The molecule has 0 bridgehead atoms. The Labute approximate surface area is 90.2 Å². The molecule has 0 aromatic carbocycles. The SMILES string of the molecule is Nc1ncccc1C(F)(F)C(F)(F)C(F)(F)F. The maximum Gasteiger partial charge on any atom is 0.460 e. The van der Waals surface area contributed by atoms with Crippen molar-refractivity contribution in [2.45, 2.75) is 18.0 Å². The van der Waals surface area contributed by atoms with Gasteiger partial charge in [-0.3, -0.25) is 0 Å². The quantitative estimate of drug-likeness (QED) is 0.832. The predicted molar refractivity (Wildman–Crippen MR) is 43.5 cm³/mol. The number of hydrogen-bond acceptors (Lipinski definition) is 2. The Morgan fingerprint density at radius 3 is 1.94 bits per heavy atom. The highest BCUT2D eigenvalue weighted by molar-refractivity contribution is 5.43. The number of rotatable bonds is 2. The van der Waals surface area contributed by atoms with E-state index in [4.69, 9.17) is 5.73 Å². The third-order valence-electron chi connectivity index (χ3n) is 1.93. The molecular weight excluding hydrogens is 257 g/mol. The molecule has 0 aliphatic carbocycles. The first kappa shape index (κ1) is 13.5. The van der Waals surface area contributed by atoms with Gasteiger partial charge in [-0.1, -0.05) is 0 Å². The van der Waals surface area contributed by atoms with Crippen LogP contribution in [0.25, 0.3) is 0 Å². The van der Waals surface area contributed by atoms with Crippen LogP contribution in [0.15, 0.2) is 18.3 Å². The number of pyridine rings is 1. The summed E-state index contributed by atoms with van der Waals surface area (Å²) in [6.07, 6.45) is -5.50. The summed E-state index contributed by atoms with van der Waals surface area (Å²) >= 11 is 0. The summed E-state index contributed by atoms with van der Waals surface area (Å²) in [5.74, 6) is -12.8. The smallest absolute Gasteiger partial charge is 0.383 e. The van der Waals surface area contributed by atoms with Gasteiger partial charge in [-0.25, -0.2) is 4.98 Å². The molecule has 1 rings (SSSR count). The molecule has 2 N–H and O–H groups in total.